The second-order valence-corrected chi connectivity index (χ2v) is 5.09. The van der Waals surface area contributed by atoms with Crippen LogP contribution in [0.25, 0.3) is 0 Å². The molecule has 14 heavy (non-hydrogen) atoms. The summed E-state index contributed by atoms with van der Waals surface area (Å²) in [6, 6.07) is 8.82. The van der Waals surface area contributed by atoms with Crippen molar-refractivity contribution >= 4 is 0 Å². The van der Waals surface area contributed by atoms with Gasteiger partial charge in [0.25, 0.3) is 0 Å². The van der Waals surface area contributed by atoms with Gasteiger partial charge in [-0.25, -0.2) is 0 Å². The van der Waals surface area contributed by atoms with Gasteiger partial charge in [0, 0.05) is 6.04 Å². The fourth-order valence-corrected chi connectivity index (χ4v) is 1.78. The summed E-state index contributed by atoms with van der Waals surface area (Å²) < 4.78 is 0. The summed E-state index contributed by atoms with van der Waals surface area (Å²) in [5.74, 6) is 0. The Morgan fingerprint density at radius 1 is 1.21 bits per heavy atom. The van der Waals surface area contributed by atoms with Crippen molar-refractivity contribution in [2.75, 3.05) is 0 Å². The molecule has 0 amide bonds. The molecule has 78 valence electrons. The van der Waals surface area contributed by atoms with Gasteiger partial charge in [-0.3, -0.25) is 0 Å². The van der Waals surface area contributed by atoms with E-state index in [4.69, 9.17) is 5.73 Å². The molecule has 0 aliphatic rings. The van der Waals surface area contributed by atoms with E-state index in [1.54, 1.807) is 0 Å². The second kappa shape index (κ2) is 4.14. The maximum absolute atomic E-state index is 5.84. The SMILES string of the molecule is C[C@@H](N)Cc1ccccc1C(C)(C)C. The summed E-state index contributed by atoms with van der Waals surface area (Å²) in [4.78, 5) is 0. The van der Waals surface area contributed by atoms with Crippen LogP contribution in [-0.2, 0) is 11.8 Å². The molecule has 0 unspecified atom stereocenters. The van der Waals surface area contributed by atoms with Crippen LogP contribution < -0.4 is 5.73 Å². The number of rotatable bonds is 2. The lowest BCUT2D eigenvalue weighted by atomic mass is 9.82. The first kappa shape index (κ1) is 11.3. The highest BCUT2D eigenvalue weighted by molar-refractivity contribution is 5.33. The van der Waals surface area contributed by atoms with Crippen LogP contribution in [0, 0.1) is 0 Å². The predicted molar refractivity (Wildman–Crippen MR) is 62.5 cm³/mol. The highest BCUT2D eigenvalue weighted by Crippen LogP contribution is 2.26. The molecule has 1 aromatic rings. The largest absolute Gasteiger partial charge is 0.328 e. The Balaban J connectivity index is 3.04. The summed E-state index contributed by atoms with van der Waals surface area (Å²) in [7, 11) is 0. The average molecular weight is 191 g/mol. The first-order valence-corrected chi connectivity index (χ1v) is 5.25. The normalized spacial score (nSPS) is 14.1. The van der Waals surface area contributed by atoms with Crippen LogP contribution in [0.5, 0.6) is 0 Å². The summed E-state index contributed by atoms with van der Waals surface area (Å²) in [5.41, 5.74) is 8.85. The molecular formula is C13H21N. The third-order valence-electron chi connectivity index (χ3n) is 2.37. The van der Waals surface area contributed by atoms with E-state index in [2.05, 4.69) is 52.0 Å². The molecule has 0 fully saturated rings. The lowest BCUT2D eigenvalue weighted by Crippen LogP contribution is -2.21. The molecule has 0 spiro atoms. The monoisotopic (exact) mass is 191 g/mol. The highest BCUT2D eigenvalue weighted by atomic mass is 14.6. The van der Waals surface area contributed by atoms with E-state index in [9.17, 15) is 0 Å². The van der Waals surface area contributed by atoms with E-state index < -0.39 is 0 Å². The van der Waals surface area contributed by atoms with Gasteiger partial charge in [0.1, 0.15) is 0 Å². The Bertz CT molecular complexity index is 294. The minimum atomic E-state index is 0.214. The molecular weight excluding hydrogens is 170 g/mol. The van der Waals surface area contributed by atoms with Gasteiger partial charge in [0.2, 0.25) is 0 Å². The summed E-state index contributed by atoms with van der Waals surface area (Å²) in [6.45, 7) is 8.78. The van der Waals surface area contributed by atoms with Crippen LogP contribution in [0.1, 0.15) is 38.8 Å². The van der Waals surface area contributed by atoms with Crippen molar-refractivity contribution in [1.29, 1.82) is 0 Å². The highest BCUT2D eigenvalue weighted by Gasteiger charge is 2.17. The van der Waals surface area contributed by atoms with Crippen LogP contribution in [-0.4, -0.2) is 6.04 Å². The third kappa shape index (κ3) is 2.85. The van der Waals surface area contributed by atoms with Gasteiger partial charge in [0.15, 0.2) is 0 Å². The van der Waals surface area contributed by atoms with Gasteiger partial charge < -0.3 is 5.73 Å². The molecule has 2 N–H and O–H groups in total. The first-order valence-electron chi connectivity index (χ1n) is 5.25. The van der Waals surface area contributed by atoms with Crippen molar-refractivity contribution in [3.8, 4) is 0 Å². The summed E-state index contributed by atoms with van der Waals surface area (Å²) >= 11 is 0. The molecule has 1 rings (SSSR count). The van der Waals surface area contributed by atoms with Crippen LogP contribution in [0.4, 0.5) is 0 Å². The predicted octanol–water partition coefficient (Wildman–Crippen LogP) is 2.87. The Hall–Kier alpha value is -0.820. The molecule has 0 bridgehead atoms. The molecule has 1 aromatic carbocycles. The van der Waals surface area contributed by atoms with E-state index >= 15 is 0 Å². The van der Waals surface area contributed by atoms with E-state index in [-0.39, 0.29) is 11.5 Å². The van der Waals surface area contributed by atoms with Crippen LogP contribution in [0.2, 0.25) is 0 Å². The molecule has 1 atom stereocenters. The maximum atomic E-state index is 5.84. The number of hydrogen-bond donors (Lipinski definition) is 1. The third-order valence-corrected chi connectivity index (χ3v) is 2.37. The molecule has 0 saturated carbocycles. The van der Waals surface area contributed by atoms with E-state index in [0.29, 0.717) is 0 Å². The van der Waals surface area contributed by atoms with Gasteiger partial charge in [0.05, 0.1) is 0 Å². The molecule has 0 aromatic heterocycles. The van der Waals surface area contributed by atoms with E-state index in [1.807, 2.05) is 0 Å². The van der Waals surface area contributed by atoms with Crippen LogP contribution >= 0.6 is 0 Å². The molecule has 1 heteroatoms. The van der Waals surface area contributed by atoms with Crippen LogP contribution in [0.15, 0.2) is 24.3 Å². The van der Waals surface area contributed by atoms with Crippen molar-refractivity contribution in [3.63, 3.8) is 0 Å². The Kier molecular flexibility index (Phi) is 3.33. The number of benzene rings is 1. The van der Waals surface area contributed by atoms with Crippen molar-refractivity contribution in [1.82, 2.24) is 0 Å². The quantitative estimate of drug-likeness (QED) is 0.764. The fourth-order valence-electron chi connectivity index (χ4n) is 1.78. The zero-order chi connectivity index (χ0) is 10.8. The lowest BCUT2D eigenvalue weighted by molar-refractivity contribution is 0.577. The van der Waals surface area contributed by atoms with Gasteiger partial charge in [-0.05, 0) is 29.9 Å². The Morgan fingerprint density at radius 3 is 2.29 bits per heavy atom. The van der Waals surface area contributed by atoms with Crippen molar-refractivity contribution in [3.05, 3.63) is 35.4 Å². The Morgan fingerprint density at radius 2 is 1.79 bits per heavy atom. The van der Waals surface area contributed by atoms with Gasteiger partial charge >= 0.3 is 0 Å². The zero-order valence-electron chi connectivity index (χ0n) is 9.67. The average Bonchev–Trinajstić information content (AvgIpc) is 2.01. The smallest absolute Gasteiger partial charge is 0.00510 e. The standard InChI is InChI=1S/C13H21N/c1-10(14)9-11-7-5-6-8-12(11)13(2,3)4/h5-8,10H,9,14H2,1-4H3/t10-/m1/s1. The minimum absolute atomic E-state index is 0.214. The minimum Gasteiger partial charge on any atom is -0.328 e. The Labute approximate surface area is 87.3 Å². The number of hydrogen-bond acceptors (Lipinski definition) is 1. The molecule has 1 nitrogen and oxygen atoms in total. The van der Waals surface area contributed by atoms with E-state index in [1.165, 1.54) is 11.1 Å². The second-order valence-electron chi connectivity index (χ2n) is 5.09. The van der Waals surface area contributed by atoms with Gasteiger partial charge in [-0.2, -0.15) is 0 Å². The van der Waals surface area contributed by atoms with Gasteiger partial charge in [-0.1, -0.05) is 45.0 Å². The molecule has 0 heterocycles. The fraction of sp³-hybridized carbons (Fsp3) is 0.538. The molecule has 0 saturated heterocycles. The van der Waals surface area contributed by atoms with Crippen molar-refractivity contribution in [2.45, 2.75) is 45.6 Å². The molecule has 0 aliphatic heterocycles. The maximum Gasteiger partial charge on any atom is 0.00510 e. The topological polar surface area (TPSA) is 26.0 Å². The lowest BCUT2D eigenvalue weighted by Gasteiger charge is -2.23. The molecule has 0 radical (unpaired) electrons. The molecule has 0 aliphatic carbocycles. The van der Waals surface area contributed by atoms with Gasteiger partial charge in [-0.15, -0.1) is 0 Å². The number of nitrogens with two attached hydrogens (primary N) is 1. The van der Waals surface area contributed by atoms with Crippen LogP contribution in [0.3, 0.4) is 0 Å². The van der Waals surface area contributed by atoms with Crippen molar-refractivity contribution < 1.29 is 0 Å². The summed E-state index contributed by atoms with van der Waals surface area (Å²) in [6.07, 6.45) is 0.966. The van der Waals surface area contributed by atoms with E-state index in [0.717, 1.165) is 6.42 Å². The summed E-state index contributed by atoms with van der Waals surface area (Å²) in [5, 5.41) is 0. The zero-order valence-corrected chi connectivity index (χ0v) is 9.67. The first-order chi connectivity index (χ1) is 6.41. The van der Waals surface area contributed by atoms with Crippen molar-refractivity contribution in [2.24, 2.45) is 5.73 Å².